The van der Waals surface area contributed by atoms with Crippen LogP contribution in [0.25, 0.3) is 16.3 Å². The van der Waals surface area contributed by atoms with Crippen LogP contribution in [0.15, 0.2) is 41.8 Å². The summed E-state index contributed by atoms with van der Waals surface area (Å²) in [5.74, 6) is -2.60. The smallest absolute Gasteiger partial charge is 0.337 e. The fraction of sp³-hybridized carbons (Fsp3) is 0.188. The zero-order valence-electron chi connectivity index (χ0n) is 12.1. The van der Waals surface area contributed by atoms with Gasteiger partial charge in [0.1, 0.15) is 5.75 Å². The van der Waals surface area contributed by atoms with Crippen molar-refractivity contribution in [2.45, 2.75) is 10.7 Å². The maximum atomic E-state index is 12.8. The van der Waals surface area contributed by atoms with E-state index in [-0.39, 0.29) is 5.57 Å². The van der Waals surface area contributed by atoms with Gasteiger partial charge in [0, 0.05) is 4.90 Å². The first kappa shape index (κ1) is 16.3. The molecule has 2 aromatic rings. The van der Waals surface area contributed by atoms with Gasteiger partial charge in [-0.15, -0.1) is 0 Å². The number of hydrogen-bond donors (Lipinski definition) is 0. The average molecular weight is 324 g/mol. The lowest BCUT2D eigenvalue weighted by Gasteiger charge is -2.12. The Bertz CT molecular complexity index is 729. The number of esters is 1. The molecule has 6 heteroatoms. The largest absolute Gasteiger partial charge is 0.497 e. The molecule has 0 aliphatic rings. The van der Waals surface area contributed by atoms with E-state index in [0.717, 1.165) is 0 Å². The Hall–Kier alpha value is -2.08. The number of hydrogen-bond acceptors (Lipinski definition) is 4. The number of methoxy groups -OCH3 is 2. The minimum absolute atomic E-state index is 0.122. The van der Waals surface area contributed by atoms with Crippen LogP contribution in [0.3, 0.4) is 0 Å². The molecule has 0 spiro atoms. The number of carbonyl (C=O) groups is 1. The maximum absolute atomic E-state index is 12.8. The molecule has 0 atom stereocenters. The highest BCUT2D eigenvalue weighted by Crippen LogP contribution is 2.36. The van der Waals surface area contributed by atoms with Crippen LogP contribution >= 0.6 is 11.8 Å². The molecule has 0 unspecified atom stereocenters. The van der Waals surface area contributed by atoms with E-state index in [1.807, 2.05) is 0 Å². The quantitative estimate of drug-likeness (QED) is 0.465. The van der Waals surface area contributed by atoms with Gasteiger partial charge in [-0.3, -0.25) is 0 Å². The molecule has 0 heterocycles. The van der Waals surface area contributed by atoms with Gasteiger partial charge in [0.15, 0.2) is 0 Å². The van der Waals surface area contributed by atoms with Gasteiger partial charge in [-0.1, -0.05) is 24.4 Å². The van der Waals surface area contributed by atoms with Crippen molar-refractivity contribution in [1.82, 2.24) is 0 Å². The van der Waals surface area contributed by atoms with Crippen LogP contribution in [0.4, 0.5) is 8.78 Å². The first-order valence-corrected chi connectivity index (χ1v) is 7.18. The molecule has 2 aromatic carbocycles. The van der Waals surface area contributed by atoms with Crippen molar-refractivity contribution in [2.75, 3.05) is 14.2 Å². The third-order valence-corrected chi connectivity index (χ3v) is 3.89. The van der Waals surface area contributed by atoms with Crippen molar-refractivity contribution in [3.05, 3.63) is 42.5 Å². The van der Waals surface area contributed by atoms with E-state index in [2.05, 4.69) is 11.3 Å². The van der Waals surface area contributed by atoms with Crippen LogP contribution in [-0.2, 0) is 9.53 Å². The molecule has 0 radical (unpaired) electrons. The van der Waals surface area contributed by atoms with Crippen molar-refractivity contribution in [3.8, 4) is 5.75 Å². The summed E-state index contributed by atoms with van der Waals surface area (Å²) in [6.45, 7) is 3.66. The molecule has 0 aliphatic carbocycles. The lowest BCUT2D eigenvalue weighted by atomic mass is 10.0. The number of halogens is 2. The van der Waals surface area contributed by atoms with Crippen LogP contribution in [0.5, 0.6) is 5.75 Å². The first-order chi connectivity index (χ1) is 10.5. The minimum Gasteiger partial charge on any atom is -0.497 e. The second-order valence-electron chi connectivity index (χ2n) is 4.41. The molecule has 0 bridgehead atoms. The van der Waals surface area contributed by atoms with Gasteiger partial charge in [-0.25, -0.2) is 4.79 Å². The number of alkyl halides is 2. The van der Waals surface area contributed by atoms with Crippen molar-refractivity contribution in [3.63, 3.8) is 0 Å². The molecule has 0 aromatic heterocycles. The number of rotatable bonds is 5. The lowest BCUT2D eigenvalue weighted by molar-refractivity contribution is -0.133. The van der Waals surface area contributed by atoms with Crippen LogP contribution in [-0.4, -0.2) is 25.9 Å². The van der Waals surface area contributed by atoms with E-state index in [9.17, 15) is 13.6 Å². The van der Waals surface area contributed by atoms with Gasteiger partial charge in [0.05, 0.1) is 19.8 Å². The van der Waals surface area contributed by atoms with Gasteiger partial charge in [-0.2, -0.15) is 8.78 Å². The third-order valence-electron chi connectivity index (χ3n) is 3.12. The van der Waals surface area contributed by atoms with Crippen LogP contribution < -0.4 is 4.74 Å². The molecule has 116 valence electrons. The molecule has 22 heavy (non-hydrogen) atoms. The Balaban J connectivity index is 2.62. The monoisotopic (exact) mass is 324 g/mol. The van der Waals surface area contributed by atoms with Crippen LogP contribution in [0, 0.1) is 0 Å². The lowest BCUT2D eigenvalue weighted by Crippen LogP contribution is -2.03. The van der Waals surface area contributed by atoms with Crippen LogP contribution in [0.1, 0.15) is 5.56 Å². The van der Waals surface area contributed by atoms with Crippen molar-refractivity contribution >= 4 is 34.1 Å². The summed E-state index contributed by atoms with van der Waals surface area (Å²) in [5.41, 5.74) is 0.573. The molecular weight excluding hydrogens is 310 g/mol. The predicted molar refractivity (Wildman–Crippen MR) is 83.4 cm³/mol. The van der Waals surface area contributed by atoms with E-state index in [0.29, 0.717) is 38.7 Å². The minimum atomic E-state index is -2.57. The number of fused-ring (bicyclic) bond motifs is 1. The fourth-order valence-corrected chi connectivity index (χ4v) is 2.73. The number of thioether (sulfide) groups is 1. The highest BCUT2D eigenvalue weighted by molar-refractivity contribution is 7.99. The second kappa shape index (κ2) is 6.79. The first-order valence-electron chi connectivity index (χ1n) is 6.30. The summed E-state index contributed by atoms with van der Waals surface area (Å²) >= 11 is 0.416. The number of benzene rings is 2. The van der Waals surface area contributed by atoms with Crippen molar-refractivity contribution in [2.24, 2.45) is 0 Å². The highest BCUT2D eigenvalue weighted by Gasteiger charge is 2.16. The summed E-state index contributed by atoms with van der Waals surface area (Å²) in [6.07, 6.45) is 0. The Morgan fingerprint density at radius 2 is 1.95 bits per heavy atom. The molecule has 3 nitrogen and oxygen atoms in total. The average Bonchev–Trinajstić information content (AvgIpc) is 2.52. The van der Waals surface area contributed by atoms with E-state index >= 15 is 0 Å². The van der Waals surface area contributed by atoms with E-state index in [1.54, 1.807) is 24.3 Å². The maximum Gasteiger partial charge on any atom is 0.337 e. The molecule has 0 saturated heterocycles. The van der Waals surface area contributed by atoms with E-state index < -0.39 is 11.7 Å². The van der Waals surface area contributed by atoms with E-state index in [1.165, 1.54) is 20.3 Å². The second-order valence-corrected chi connectivity index (χ2v) is 5.44. The van der Waals surface area contributed by atoms with Crippen molar-refractivity contribution < 1.29 is 23.0 Å². The number of carbonyl (C=O) groups excluding carboxylic acids is 1. The third kappa shape index (κ3) is 3.39. The van der Waals surface area contributed by atoms with Gasteiger partial charge in [0.2, 0.25) is 0 Å². The summed E-state index contributed by atoms with van der Waals surface area (Å²) in [5, 5.41) is 1.34. The number of ether oxygens (including phenoxy) is 2. The SMILES string of the molecule is C=C(C(=O)OC)c1cc(SC(F)F)c2cc(OC)ccc2c1. The Morgan fingerprint density at radius 3 is 2.55 bits per heavy atom. The van der Waals surface area contributed by atoms with Gasteiger partial charge >= 0.3 is 5.97 Å². The summed E-state index contributed by atoms with van der Waals surface area (Å²) in [7, 11) is 2.75. The molecule has 0 N–H and O–H groups in total. The zero-order valence-corrected chi connectivity index (χ0v) is 12.9. The molecule has 2 rings (SSSR count). The van der Waals surface area contributed by atoms with Gasteiger partial charge < -0.3 is 9.47 Å². The molecule has 0 amide bonds. The Morgan fingerprint density at radius 1 is 1.23 bits per heavy atom. The van der Waals surface area contributed by atoms with E-state index in [4.69, 9.17) is 4.74 Å². The summed E-state index contributed by atoms with van der Waals surface area (Å²) in [4.78, 5) is 11.9. The van der Waals surface area contributed by atoms with Gasteiger partial charge in [0.25, 0.3) is 5.76 Å². The Labute approximate surface area is 130 Å². The topological polar surface area (TPSA) is 35.5 Å². The summed E-state index contributed by atoms with van der Waals surface area (Å²) in [6, 6.07) is 8.38. The highest BCUT2D eigenvalue weighted by atomic mass is 32.2. The van der Waals surface area contributed by atoms with Crippen molar-refractivity contribution in [1.29, 1.82) is 0 Å². The van der Waals surface area contributed by atoms with Crippen LogP contribution in [0.2, 0.25) is 0 Å². The summed E-state index contributed by atoms with van der Waals surface area (Å²) < 4.78 is 35.4. The standard InChI is InChI=1S/C16H14F2O3S/c1-9(15(19)21-3)11-6-10-4-5-12(20-2)8-13(10)14(7-11)22-16(17)18/h4-8,16H,1H2,2-3H3. The molecule has 0 fully saturated rings. The molecule has 0 saturated carbocycles. The normalized spacial score (nSPS) is 10.8. The predicted octanol–water partition coefficient (Wildman–Crippen LogP) is 4.35. The molecule has 0 aliphatic heterocycles. The van der Waals surface area contributed by atoms with Gasteiger partial charge in [-0.05, 0) is 40.6 Å². The fourth-order valence-electron chi connectivity index (χ4n) is 2.04. The zero-order chi connectivity index (χ0) is 16.3. The Kier molecular flexibility index (Phi) is 5.03. The molecular formula is C16H14F2O3S.